The number of aldehydes is 2. The molecule has 0 aliphatic rings. The smallest absolute Gasteiger partial charge is 0.317 e. The monoisotopic (exact) mass is 356 g/mol. The zero-order valence-corrected chi connectivity index (χ0v) is 12.6. The highest BCUT2D eigenvalue weighted by atomic mass is 19.1. The van der Waals surface area contributed by atoms with E-state index in [1.807, 2.05) is 0 Å². The molecule has 0 amide bonds. The molecule has 0 radical (unpaired) electrons. The van der Waals surface area contributed by atoms with Crippen LogP contribution >= 0.6 is 0 Å². The first-order valence-electron chi connectivity index (χ1n) is 6.75. The molecule has 0 fully saturated rings. The molecule has 0 spiro atoms. The maximum atomic E-state index is 13.1. The molecule has 2 aromatic rings. The van der Waals surface area contributed by atoms with Crippen LogP contribution in [-0.2, 0) is 9.59 Å². The summed E-state index contributed by atoms with van der Waals surface area (Å²) in [6, 6.07) is 1.39. The second-order valence-corrected chi connectivity index (χ2v) is 4.79. The van der Waals surface area contributed by atoms with Gasteiger partial charge in [0.15, 0.2) is 24.2 Å². The van der Waals surface area contributed by atoms with E-state index in [0.717, 1.165) is 0 Å². The van der Waals surface area contributed by atoms with E-state index in [4.69, 9.17) is 0 Å². The highest BCUT2D eigenvalue weighted by molar-refractivity contribution is 5.82. The Hall–Kier alpha value is -3.30. The van der Waals surface area contributed by atoms with Crippen molar-refractivity contribution in [1.82, 2.24) is 0 Å². The van der Waals surface area contributed by atoms with Gasteiger partial charge in [0.05, 0.1) is 24.5 Å². The molecule has 0 N–H and O–H groups in total. The van der Waals surface area contributed by atoms with Gasteiger partial charge >= 0.3 is 11.9 Å². The number of rotatable bonds is 7. The standard InChI is InChI=1S/C15H10F2O8/c1-7(15(21)25-14-4-9(17)11(6-19)23-14)2-12(20)24-13-3-8(16)10(5-18)22-13/h3-7H,2H2,1H3. The summed E-state index contributed by atoms with van der Waals surface area (Å²) >= 11 is 0. The largest absolute Gasteiger partial charge is 0.419 e. The number of hydrogen-bond acceptors (Lipinski definition) is 8. The van der Waals surface area contributed by atoms with E-state index in [0.29, 0.717) is 12.1 Å². The van der Waals surface area contributed by atoms with Gasteiger partial charge in [-0.15, -0.1) is 0 Å². The second-order valence-electron chi connectivity index (χ2n) is 4.79. The molecule has 1 unspecified atom stereocenters. The molecule has 25 heavy (non-hydrogen) atoms. The minimum absolute atomic E-state index is 0.0999. The number of carbonyl (C=O) groups excluding carboxylic acids is 4. The van der Waals surface area contributed by atoms with Gasteiger partial charge in [-0.2, -0.15) is 0 Å². The number of hydrogen-bond donors (Lipinski definition) is 0. The second kappa shape index (κ2) is 7.51. The van der Waals surface area contributed by atoms with Crippen LogP contribution in [0.1, 0.15) is 34.5 Å². The van der Waals surface area contributed by atoms with Gasteiger partial charge in [0.25, 0.3) is 11.9 Å². The van der Waals surface area contributed by atoms with Gasteiger partial charge in [-0.1, -0.05) is 6.92 Å². The molecule has 0 saturated heterocycles. The Balaban J connectivity index is 1.91. The van der Waals surface area contributed by atoms with Crippen molar-refractivity contribution in [3.05, 3.63) is 35.3 Å². The van der Waals surface area contributed by atoms with Gasteiger partial charge in [-0.3, -0.25) is 19.2 Å². The fourth-order valence-electron chi connectivity index (χ4n) is 1.67. The number of carbonyl (C=O) groups is 4. The van der Waals surface area contributed by atoms with Crippen molar-refractivity contribution < 1.29 is 46.3 Å². The van der Waals surface area contributed by atoms with Crippen molar-refractivity contribution in [2.45, 2.75) is 13.3 Å². The van der Waals surface area contributed by atoms with Crippen LogP contribution in [0.4, 0.5) is 8.78 Å². The van der Waals surface area contributed by atoms with Crippen molar-refractivity contribution >= 4 is 24.5 Å². The van der Waals surface area contributed by atoms with Crippen LogP contribution in [-0.4, -0.2) is 24.5 Å². The van der Waals surface area contributed by atoms with Crippen LogP contribution < -0.4 is 9.47 Å². The fourth-order valence-corrected chi connectivity index (χ4v) is 1.67. The molecule has 8 nitrogen and oxygen atoms in total. The summed E-state index contributed by atoms with van der Waals surface area (Å²) in [5.41, 5.74) is 0. The number of halogens is 2. The molecule has 0 aliphatic heterocycles. The minimum atomic E-state index is -1.04. The van der Waals surface area contributed by atoms with Crippen molar-refractivity contribution in [1.29, 1.82) is 0 Å². The summed E-state index contributed by atoms with van der Waals surface area (Å²) in [6.07, 6.45) is -0.284. The van der Waals surface area contributed by atoms with E-state index in [9.17, 15) is 28.0 Å². The summed E-state index contributed by atoms with van der Waals surface area (Å²) in [7, 11) is 0. The van der Waals surface area contributed by atoms with Crippen molar-refractivity contribution in [2.24, 2.45) is 5.92 Å². The van der Waals surface area contributed by atoms with Crippen LogP contribution in [0.3, 0.4) is 0 Å². The molecule has 0 aliphatic carbocycles. The third kappa shape index (κ3) is 4.37. The lowest BCUT2D eigenvalue weighted by atomic mass is 10.1. The predicted octanol–water partition coefficient (Wildman–Crippen LogP) is 2.31. The summed E-state index contributed by atoms with van der Waals surface area (Å²) in [4.78, 5) is 44.3. The van der Waals surface area contributed by atoms with Gasteiger partial charge in [0, 0.05) is 0 Å². The van der Waals surface area contributed by atoms with E-state index >= 15 is 0 Å². The van der Waals surface area contributed by atoms with Gasteiger partial charge < -0.3 is 18.3 Å². The normalized spacial score (nSPS) is 11.6. The van der Waals surface area contributed by atoms with Crippen molar-refractivity contribution in [3.63, 3.8) is 0 Å². The highest BCUT2D eigenvalue weighted by Gasteiger charge is 2.24. The zero-order chi connectivity index (χ0) is 18.6. The summed E-state index contributed by atoms with van der Waals surface area (Å²) in [5.74, 6) is -7.33. The van der Waals surface area contributed by atoms with Crippen molar-refractivity contribution in [3.8, 4) is 11.9 Å². The summed E-state index contributed by atoms with van der Waals surface area (Å²) < 4.78 is 44.8. The molecule has 132 valence electrons. The third-order valence-electron chi connectivity index (χ3n) is 2.89. The molecule has 0 aromatic carbocycles. The topological polar surface area (TPSA) is 113 Å². The zero-order valence-electron chi connectivity index (χ0n) is 12.6. The SMILES string of the molecule is CC(CC(=O)Oc1cc(F)c(C=O)o1)C(=O)Oc1cc(F)c(C=O)o1. The Morgan fingerprint density at radius 2 is 1.52 bits per heavy atom. The lowest BCUT2D eigenvalue weighted by molar-refractivity contribution is -0.145. The quantitative estimate of drug-likeness (QED) is 0.548. The average molecular weight is 356 g/mol. The van der Waals surface area contributed by atoms with Crippen LogP contribution in [0.15, 0.2) is 21.0 Å². The first kappa shape index (κ1) is 18.0. The molecule has 1 atom stereocenters. The van der Waals surface area contributed by atoms with E-state index in [2.05, 4.69) is 18.3 Å². The first-order valence-corrected chi connectivity index (χ1v) is 6.75. The van der Waals surface area contributed by atoms with E-state index in [-0.39, 0.29) is 12.6 Å². The maximum absolute atomic E-state index is 13.1. The van der Waals surface area contributed by atoms with Gasteiger partial charge in [0.2, 0.25) is 11.5 Å². The molecular formula is C15H10F2O8. The summed E-state index contributed by atoms with van der Waals surface area (Å²) in [6.45, 7) is 1.31. The maximum Gasteiger partial charge on any atom is 0.317 e. The minimum Gasteiger partial charge on any atom is -0.419 e. The molecule has 0 saturated carbocycles. The van der Waals surface area contributed by atoms with Gasteiger partial charge in [0.1, 0.15) is 0 Å². The van der Waals surface area contributed by atoms with Crippen LogP contribution in [0, 0.1) is 17.6 Å². The molecule has 10 heteroatoms. The number of ether oxygens (including phenoxy) is 2. The van der Waals surface area contributed by atoms with Crippen molar-refractivity contribution in [2.75, 3.05) is 0 Å². The first-order chi connectivity index (χ1) is 11.8. The molecular weight excluding hydrogens is 346 g/mol. The Morgan fingerprint density at radius 1 is 1.04 bits per heavy atom. The van der Waals surface area contributed by atoms with Crippen LogP contribution in [0.25, 0.3) is 0 Å². The van der Waals surface area contributed by atoms with E-state index in [1.165, 1.54) is 6.92 Å². The lowest BCUT2D eigenvalue weighted by Crippen LogP contribution is -2.22. The number of furan rings is 2. The Kier molecular flexibility index (Phi) is 5.42. The van der Waals surface area contributed by atoms with Crippen LogP contribution in [0.5, 0.6) is 11.9 Å². The van der Waals surface area contributed by atoms with Gasteiger partial charge in [-0.05, 0) is 0 Å². The molecule has 2 aromatic heterocycles. The van der Waals surface area contributed by atoms with Gasteiger partial charge in [-0.25, -0.2) is 8.78 Å². The molecule has 2 heterocycles. The Morgan fingerprint density at radius 3 is 1.96 bits per heavy atom. The van der Waals surface area contributed by atoms with E-state index in [1.54, 1.807) is 0 Å². The average Bonchev–Trinajstić information content (AvgIpc) is 3.08. The fraction of sp³-hybridized carbons (Fsp3) is 0.200. The Bertz CT molecular complexity index is 820. The van der Waals surface area contributed by atoms with E-state index < -0.39 is 59.3 Å². The predicted molar refractivity (Wildman–Crippen MR) is 73.2 cm³/mol. The summed E-state index contributed by atoms with van der Waals surface area (Å²) in [5, 5.41) is 0. The lowest BCUT2D eigenvalue weighted by Gasteiger charge is -2.08. The molecule has 2 rings (SSSR count). The third-order valence-corrected chi connectivity index (χ3v) is 2.89. The Labute approximate surface area is 138 Å². The number of esters is 2. The molecule has 0 bridgehead atoms. The van der Waals surface area contributed by atoms with Crippen LogP contribution in [0.2, 0.25) is 0 Å². The highest BCUT2D eigenvalue weighted by Crippen LogP contribution is 2.22.